The number of carbonyl (C=O) groups excluding carboxylic acids is 1. The summed E-state index contributed by atoms with van der Waals surface area (Å²) in [5.74, 6) is -0.227. The third-order valence-electron chi connectivity index (χ3n) is 2.62. The lowest BCUT2D eigenvalue weighted by atomic mass is 10.2. The number of esters is 1. The van der Waals surface area contributed by atoms with Crippen molar-refractivity contribution in [1.29, 1.82) is 0 Å². The highest BCUT2D eigenvalue weighted by Crippen LogP contribution is 2.26. The molecule has 0 N–H and O–H groups in total. The minimum Gasteiger partial charge on any atom is -0.458 e. The Labute approximate surface area is 89.6 Å². The van der Waals surface area contributed by atoms with E-state index in [-0.39, 0.29) is 12.1 Å². The summed E-state index contributed by atoms with van der Waals surface area (Å²) >= 11 is 0. The number of benzene rings is 1. The normalized spacial score (nSPS) is 20.3. The molecule has 2 nitrogen and oxygen atoms in total. The molecule has 15 heavy (non-hydrogen) atoms. The maximum absolute atomic E-state index is 11.7. The van der Waals surface area contributed by atoms with Crippen LogP contribution in [0.3, 0.4) is 0 Å². The largest absolute Gasteiger partial charge is 0.458 e. The van der Waals surface area contributed by atoms with Crippen LogP contribution >= 0.6 is 0 Å². The van der Waals surface area contributed by atoms with Gasteiger partial charge in [-0.15, -0.1) is 0 Å². The van der Waals surface area contributed by atoms with Gasteiger partial charge in [-0.3, -0.25) is 0 Å². The van der Waals surface area contributed by atoms with E-state index in [2.05, 4.69) is 6.58 Å². The molecule has 78 valence electrons. The van der Waals surface area contributed by atoms with Gasteiger partial charge in [0.25, 0.3) is 0 Å². The summed E-state index contributed by atoms with van der Waals surface area (Å²) in [5.41, 5.74) is 1.80. The Balaban J connectivity index is 1.96. The molecular formula is C13H14O2. The molecule has 0 saturated heterocycles. The maximum atomic E-state index is 11.7. The molecule has 1 aliphatic carbocycles. The van der Waals surface area contributed by atoms with Crippen LogP contribution in [0.1, 0.15) is 29.6 Å². The minimum absolute atomic E-state index is 0.0326. The SMILES string of the molecule is C=C1CC[C@H](OC(=O)c2ccccc2)C1. The van der Waals surface area contributed by atoms with E-state index in [1.165, 1.54) is 5.57 Å². The highest BCUT2D eigenvalue weighted by atomic mass is 16.5. The Hall–Kier alpha value is -1.57. The summed E-state index contributed by atoms with van der Waals surface area (Å²) in [7, 11) is 0. The van der Waals surface area contributed by atoms with Crippen molar-refractivity contribution in [3.05, 3.63) is 48.0 Å². The van der Waals surface area contributed by atoms with Crippen LogP contribution in [0.5, 0.6) is 0 Å². The first kappa shape index (κ1) is 9.97. The standard InChI is InChI=1S/C13H14O2/c1-10-7-8-12(9-10)15-13(14)11-5-3-2-4-6-11/h2-6,12H,1,7-9H2/t12-/m0/s1. The number of hydrogen-bond acceptors (Lipinski definition) is 2. The van der Waals surface area contributed by atoms with Gasteiger partial charge in [0.15, 0.2) is 0 Å². The maximum Gasteiger partial charge on any atom is 0.338 e. The lowest BCUT2D eigenvalue weighted by Gasteiger charge is -2.10. The molecule has 1 aliphatic rings. The van der Waals surface area contributed by atoms with Gasteiger partial charge in [0.2, 0.25) is 0 Å². The van der Waals surface area contributed by atoms with Crippen LogP contribution in [0.15, 0.2) is 42.5 Å². The van der Waals surface area contributed by atoms with Gasteiger partial charge in [-0.05, 0) is 25.0 Å². The lowest BCUT2D eigenvalue weighted by molar-refractivity contribution is 0.0324. The van der Waals surface area contributed by atoms with Crippen LogP contribution in [0.25, 0.3) is 0 Å². The summed E-state index contributed by atoms with van der Waals surface area (Å²) in [4.78, 5) is 11.7. The average Bonchev–Trinajstić information content (AvgIpc) is 2.65. The van der Waals surface area contributed by atoms with Gasteiger partial charge in [0.05, 0.1) is 5.56 Å². The zero-order valence-electron chi connectivity index (χ0n) is 8.61. The first-order valence-corrected chi connectivity index (χ1v) is 5.18. The van der Waals surface area contributed by atoms with Gasteiger partial charge in [-0.1, -0.05) is 30.4 Å². The van der Waals surface area contributed by atoms with E-state index in [1.807, 2.05) is 18.2 Å². The smallest absolute Gasteiger partial charge is 0.338 e. The van der Waals surface area contributed by atoms with E-state index in [0.717, 1.165) is 19.3 Å². The molecule has 0 spiro atoms. The molecule has 0 radical (unpaired) electrons. The Morgan fingerprint density at radius 1 is 1.33 bits per heavy atom. The van der Waals surface area contributed by atoms with E-state index < -0.39 is 0 Å². The van der Waals surface area contributed by atoms with Gasteiger partial charge in [0, 0.05) is 6.42 Å². The molecule has 1 aromatic rings. The third kappa shape index (κ3) is 2.46. The number of hydrogen-bond donors (Lipinski definition) is 0. The topological polar surface area (TPSA) is 26.3 Å². The molecule has 0 aliphatic heterocycles. The Morgan fingerprint density at radius 2 is 2.07 bits per heavy atom. The molecule has 1 saturated carbocycles. The molecule has 0 amide bonds. The number of rotatable bonds is 2. The van der Waals surface area contributed by atoms with Crippen molar-refractivity contribution in [1.82, 2.24) is 0 Å². The van der Waals surface area contributed by atoms with Crippen molar-refractivity contribution in [2.75, 3.05) is 0 Å². The Bertz CT molecular complexity index is 367. The predicted molar refractivity (Wildman–Crippen MR) is 58.6 cm³/mol. The van der Waals surface area contributed by atoms with E-state index in [0.29, 0.717) is 5.56 Å². The summed E-state index contributed by atoms with van der Waals surface area (Å²) in [6.07, 6.45) is 2.74. The van der Waals surface area contributed by atoms with Gasteiger partial charge < -0.3 is 4.74 Å². The molecule has 1 fully saturated rings. The second-order valence-corrected chi connectivity index (χ2v) is 3.89. The Kier molecular flexibility index (Phi) is 2.86. The zero-order valence-corrected chi connectivity index (χ0v) is 8.61. The summed E-state index contributed by atoms with van der Waals surface area (Å²) < 4.78 is 5.37. The van der Waals surface area contributed by atoms with E-state index in [1.54, 1.807) is 12.1 Å². The number of ether oxygens (including phenoxy) is 1. The molecule has 2 heteroatoms. The van der Waals surface area contributed by atoms with Crippen LogP contribution < -0.4 is 0 Å². The van der Waals surface area contributed by atoms with Gasteiger partial charge in [-0.25, -0.2) is 4.79 Å². The van der Waals surface area contributed by atoms with E-state index >= 15 is 0 Å². The summed E-state index contributed by atoms with van der Waals surface area (Å²) in [6.45, 7) is 3.89. The lowest BCUT2D eigenvalue weighted by Crippen LogP contribution is -2.14. The number of carbonyl (C=O) groups is 1. The van der Waals surface area contributed by atoms with Crippen LogP contribution in [-0.2, 0) is 4.74 Å². The monoisotopic (exact) mass is 202 g/mol. The van der Waals surface area contributed by atoms with Gasteiger partial charge >= 0.3 is 5.97 Å². The molecule has 1 aromatic carbocycles. The summed E-state index contributed by atoms with van der Waals surface area (Å²) in [6, 6.07) is 9.10. The van der Waals surface area contributed by atoms with Gasteiger partial charge in [-0.2, -0.15) is 0 Å². The third-order valence-corrected chi connectivity index (χ3v) is 2.62. The van der Waals surface area contributed by atoms with Crippen molar-refractivity contribution in [3.63, 3.8) is 0 Å². The first-order chi connectivity index (χ1) is 7.25. The molecule has 0 heterocycles. The molecular weight excluding hydrogens is 188 g/mol. The van der Waals surface area contributed by atoms with Crippen molar-refractivity contribution in [3.8, 4) is 0 Å². The second-order valence-electron chi connectivity index (χ2n) is 3.89. The van der Waals surface area contributed by atoms with Crippen molar-refractivity contribution < 1.29 is 9.53 Å². The fourth-order valence-corrected chi connectivity index (χ4v) is 1.79. The van der Waals surface area contributed by atoms with E-state index in [9.17, 15) is 4.79 Å². The van der Waals surface area contributed by atoms with Crippen molar-refractivity contribution in [2.45, 2.75) is 25.4 Å². The van der Waals surface area contributed by atoms with Crippen molar-refractivity contribution >= 4 is 5.97 Å². The van der Waals surface area contributed by atoms with Crippen molar-refractivity contribution in [2.24, 2.45) is 0 Å². The predicted octanol–water partition coefficient (Wildman–Crippen LogP) is 2.95. The molecule has 2 rings (SSSR count). The second kappa shape index (κ2) is 4.30. The van der Waals surface area contributed by atoms with Crippen LogP contribution in [0.2, 0.25) is 0 Å². The van der Waals surface area contributed by atoms with E-state index in [4.69, 9.17) is 4.74 Å². The molecule has 0 bridgehead atoms. The van der Waals surface area contributed by atoms with Crippen LogP contribution in [-0.4, -0.2) is 12.1 Å². The zero-order chi connectivity index (χ0) is 10.7. The molecule has 0 unspecified atom stereocenters. The van der Waals surface area contributed by atoms with Crippen LogP contribution in [0, 0.1) is 0 Å². The quantitative estimate of drug-likeness (QED) is 0.544. The average molecular weight is 202 g/mol. The fraction of sp³-hybridized carbons (Fsp3) is 0.308. The van der Waals surface area contributed by atoms with Crippen LogP contribution in [0.4, 0.5) is 0 Å². The summed E-state index contributed by atoms with van der Waals surface area (Å²) in [5, 5.41) is 0. The molecule has 0 aromatic heterocycles. The van der Waals surface area contributed by atoms with Gasteiger partial charge in [0.1, 0.15) is 6.10 Å². The minimum atomic E-state index is -0.227. The fourth-order valence-electron chi connectivity index (χ4n) is 1.79. The highest BCUT2D eigenvalue weighted by Gasteiger charge is 2.22. The highest BCUT2D eigenvalue weighted by molar-refractivity contribution is 5.89. The molecule has 1 atom stereocenters. The first-order valence-electron chi connectivity index (χ1n) is 5.18. The Morgan fingerprint density at radius 3 is 2.67 bits per heavy atom.